The molecule has 0 spiro atoms. The van der Waals surface area contributed by atoms with E-state index in [0.717, 1.165) is 21.1 Å². The van der Waals surface area contributed by atoms with Crippen LogP contribution >= 0.6 is 11.3 Å². The molecule has 0 saturated heterocycles. The van der Waals surface area contributed by atoms with E-state index in [1.165, 1.54) is 4.90 Å². The number of rotatable bonds is 4. The molecule has 2 heterocycles. The van der Waals surface area contributed by atoms with Crippen LogP contribution in [0.25, 0.3) is 5.70 Å². The van der Waals surface area contributed by atoms with E-state index in [1.54, 1.807) is 24.3 Å². The fourth-order valence-electron chi connectivity index (χ4n) is 3.18. The van der Waals surface area contributed by atoms with Gasteiger partial charge in [0.25, 0.3) is 5.91 Å². The lowest BCUT2D eigenvalue weighted by atomic mass is 10.1. The fraction of sp³-hybridized carbons (Fsp3) is 0.316. The Bertz CT molecular complexity index is 836. The maximum atomic E-state index is 12.7. The van der Waals surface area contributed by atoms with Crippen LogP contribution in [-0.4, -0.2) is 27.7 Å². The summed E-state index contributed by atoms with van der Waals surface area (Å²) in [6, 6.07) is 6.50. The summed E-state index contributed by atoms with van der Waals surface area (Å²) in [6.45, 7) is 11.5. The van der Waals surface area contributed by atoms with Crippen LogP contribution in [0.1, 0.15) is 51.4 Å². The van der Waals surface area contributed by atoms with Gasteiger partial charge in [-0.05, 0) is 33.8 Å². The first-order chi connectivity index (χ1) is 11.8. The number of thiazole rings is 1. The van der Waals surface area contributed by atoms with Gasteiger partial charge in [0.2, 0.25) is 5.91 Å². The number of amides is 2. The van der Waals surface area contributed by atoms with Crippen LogP contribution in [0.5, 0.6) is 0 Å². The topological polar surface area (TPSA) is 62.3 Å². The van der Waals surface area contributed by atoms with Crippen molar-refractivity contribution in [1.29, 1.82) is 0 Å². The zero-order valence-electron chi connectivity index (χ0n) is 14.8. The fourth-order valence-corrected chi connectivity index (χ4v) is 4.11. The summed E-state index contributed by atoms with van der Waals surface area (Å²) in [4.78, 5) is 32.3. The van der Waals surface area contributed by atoms with Crippen LogP contribution in [0.4, 0.5) is 0 Å². The monoisotopic (exact) mass is 355 g/mol. The van der Waals surface area contributed by atoms with Gasteiger partial charge in [-0.1, -0.05) is 24.8 Å². The van der Waals surface area contributed by atoms with Crippen LogP contribution in [0, 0.1) is 13.8 Å². The smallest absolute Gasteiger partial charge is 0.259 e. The molecule has 1 aliphatic rings. The maximum absolute atomic E-state index is 12.7. The molecule has 0 unspecified atom stereocenters. The zero-order valence-corrected chi connectivity index (χ0v) is 15.6. The number of hydrogen-bond donors (Lipinski definition) is 1. The number of hydrogen-bond acceptors (Lipinski definition) is 4. The molecule has 5 nitrogen and oxygen atoms in total. The van der Waals surface area contributed by atoms with Crippen LogP contribution in [0.2, 0.25) is 0 Å². The molecule has 0 saturated carbocycles. The van der Waals surface area contributed by atoms with Crippen molar-refractivity contribution in [2.45, 2.75) is 39.8 Å². The predicted molar refractivity (Wildman–Crippen MR) is 99.3 cm³/mol. The highest BCUT2D eigenvalue weighted by molar-refractivity contribution is 7.11. The zero-order chi connectivity index (χ0) is 18.3. The molecule has 2 amide bonds. The van der Waals surface area contributed by atoms with E-state index in [-0.39, 0.29) is 17.9 Å². The predicted octanol–water partition coefficient (Wildman–Crippen LogP) is 3.45. The molecule has 0 fully saturated rings. The van der Waals surface area contributed by atoms with Crippen LogP contribution in [0.3, 0.4) is 0 Å². The molecule has 0 bridgehead atoms. The van der Waals surface area contributed by atoms with Crippen molar-refractivity contribution in [1.82, 2.24) is 15.2 Å². The van der Waals surface area contributed by atoms with Gasteiger partial charge < -0.3 is 5.32 Å². The van der Waals surface area contributed by atoms with E-state index in [9.17, 15) is 9.59 Å². The second kappa shape index (κ2) is 6.44. The molecule has 0 aliphatic carbocycles. The number of benzene rings is 1. The number of aromatic nitrogens is 1. The van der Waals surface area contributed by atoms with Crippen LogP contribution < -0.4 is 5.32 Å². The summed E-state index contributed by atoms with van der Waals surface area (Å²) >= 11 is 1.58. The number of carbonyl (C=O) groups excluding carboxylic acids is 2. The molecule has 25 heavy (non-hydrogen) atoms. The van der Waals surface area contributed by atoms with E-state index in [4.69, 9.17) is 0 Å². The van der Waals surface area contributed by atoms with Crippen LogP contribution in [-0.2, 0) is 4.79 Å². The minimum atomic E-state index is -0.635. The Kier molecular flexibility index (Phi) is 4.47. The van der Waals surface area contributed by atoms with E-state index in [0.29, 0.717) is 11.3 Å². The molecule has 1 N–H and O–H groups in total. The van der Waals surface area contributed by atoms with Gasteiger partial charge in [-0.15, -0.1) is 11.3 Å². The van der Waals surface area contributed by atoms with Crippen molar-refractivity contribution < 1.29 is 9.59 Å². The molecular formula is C19H21N3O2S. The number of carbonyl (C=O) groups is 2. The number of nitrogens with one attached hydrogen (secondary N) is 1. The van der Waals surface area contributed by atoms with Crippen molar-refractivity contribution in [3.8, 4) is 0 Å². The van der Waals surface area contributed by atoms with Gasteiger partial charge in [0.15, 0.2) is 0 Å². The average Bonchev–Trinajstić information content (AvgIpc) is 3.04. The van der Waals surface area contributed by atoms with Gasteiger partial charge in [0.1, 0.15) is 6.04 Å². The quantitative estimate of drug-likeness (QED) is 0.914. The lowest BCUT2D eigenvalue weighted by molar-refractivity contribution is -0.124. The highest BCUT2D eigenvalue weighted by Gasteiger charge is 2.37. The molecule has 1 aromatic heterocycles. The summed E-state index contributed by atoms with van der Waals surface area (Å²) in [6.07, 6.45) is 0. The number of aryl methyl sites for hydroxylation is 2. The third-order valence-corrected chi connectivity index (χ3v) is 5.69. The normalized spacial score (nSPS) is 15.9. The summed E-state index contributed by atoms with van der Waals surface area (Å²) in [5.41, 5.74) is 2.88. The lowest BCUT2D eigenvalue weighted by Crippen LogP contribution is -2.45. The largest absolute Gasteiger partial charge is 0.347 e. The summed E-state index contributed by atoms with van der Waals surface area (Å²) in [5.74, 6) is -0.388. The maximum Gasteiger partial charge on any atom is 0.259 e. The Labute approximate surface area is 151 Å². The second-order valence-corrected chi connectivity index (χ2v) is 7.49. The molecule has 1 aromatic carbocycles. The van der Waals surface area contributed by atoms with Gasteiger partial charge in [-0.3, -0.25) is 14.5 Å². The van der Waals surface area contributed by atoms with Crippen molar-refractivity contribution in [2.24, 2.45) is 0 Å². The first-order valence-corrected chi connectivity index (χ1v) is 8.99. The average molecular weight is 355 g/mol. The minimum absolute atomic E-state index is 0.158. The third kappa shape index (κ3) is 2.98. The second-order valence-electron chi connectivity index (χ2n) is 6.26. The van der Waals surface area contributed by atoms with Crippen molar-refractivity contribution in [3.05, 3.63) is 57.6 Å². The van der Waals surface area contributed by atoms with Crippen molar-refractivity contribution in [2.75, 3.05) is 0 Å². The standard InChI is InChI=1S/C19H21N3O2S/c1-10-17(25-14(5)20-10)11(2)21-18(23)13(4)22-12(3)15-8-6-7-9-16(15)19(22)24/h6-9,11,13H,3H2,1-2,4-5H3,(H,21,23)/t11-,13-/m0/s1. The molecule has 0 radical (unpaired) electrons. The highest BCUT2D eigenvalue weighted by atomic mass is 32.1. The Balaban J connectivity index is 1.76. The van der Waals surface area contributed by atoms with Crippen molar-refractivity contribution in [3.63, 3.8) is 0 Å². The van der Waals surface area contributed by atoms with E-state index in [1.807, 2.05) is 39.0 Å². The SMILES string of the molecule is C=C1c2ccccc2C(=O)N1[C@@H](C)C(=O)N[C@@H](C)c1sc(C)nc1C. The lowest BCUT2D eigenvalue weighted by Gasteiger charge is -2.26. The Morgan fingerprint density at radius 2 is 1.88 bits per heavy atom. The number of fused-ring (bicyclic) bond motifs is 1. The van der Waals surface area contributed by atoms with Gasteiger partial charge in [0.05, 0.1) is 16.7 Å². The summed E-state index contributed by atoms with van der Waals surface area (Å²) in [7, 11) is 0. The van der Waals surface area contributed by atoms with Crippen LogP contribution in [0.15, 0.2) is 30.8 Å². The highest BCUT2D eigenvalue weighted by Crippen LogP contribution is 2.33. The molecule has 130 valence electrons. The third-order valence-electron chi connectivity index (χ3n) is 4.44. The molecule has 2 atom stereocenters. The van der Waals surface area contributed by atoms with Gasteiger partial charge in [-0.2, -0.15) is 0 Å². The molecular weight excluding hydrogens is 334 g/mol. The van der Waals surface area contributed by atoms with E-state index >= 15 is 0 Å². The summed E-state index contributed by atoms with van der Waals surface area (Å²) < 4.78 is 0. The first-order valence-electron chi connectivity index (χ1n) is 8.17. The summed E-state index contributed by atoms with van der Waals surface area (Å²) in [5, 5.41) is 3.96. The minimum Gasteiger partial charge on any atom is -0.347 e. The molecule has 1 aliphatic heterocycles. The Hall–Kier alpha value is -2.47. The van der Waals surface area contributed by atoms with Gasteiger partial charge in [-0.25, -0.2) is 4.98 Å². The number of nitrogens with zero attached hydrogens (tertiary/aromatic N) is 2. The van der Waals surface area contributed by atoms with Gasteiger partial charge >= 0.3 is 0 Å². The van der Waals surface area contributed by atoms with Gasteiger partial charge in [0, 0.05) is 21.7 Å². The Morgan fingerprint density at radius 1 is 1.24 bits per heavy atom. The van der Waals surface area contributed by atoms with E-state index in [2.05, 4.69) is 16.9 Å². The first kappa shape index (κ1) is 17.4. The van der Waals surface area contributed by atoms with E-state index < -0.39 is 6.04 Å². The molecule has 3 rings (SSSR count). The molecule has 2 aromatic rings. The molecule has 6 heteroatoms. The Morgan fingerprint density at radius 3 is 2.44 bits per heavy atom. The van der Waals surface area contributed by atoms with Crippen molar-refractivity contribution >= 4 is 28.8 Å².